The normalized spacial score (nSPS) is 14.3. The van der Waals surface area contributed by atoms with Crippen molar-refractivity contribution < 1.29 is 22.8 Å². The molecule has 6 rings (SSSR count). The fourth-order valence-corrected chi connectivity index (χ4v) is 6.36. The molecule has 0 bridgehead atoms. The van der Waals surface area contributed by atoms with Crippen molar-refractivity contribution in [1.29, 1.82) is 0 Å². The van der Waals surface area contributed by atoms with Gasteiger partial charge in [0.15, 0.2) is 0 Å². The third-order valence-electron chi connectivity index (χ3n) is 9.35. The predicted octanol–water partition coefficient (Wildman–Crippen LogP) is 8.07. The molecule has 0 N–H and O–H groups in total. The second kappa shape index (κ2) is 16.7. The summed E-state index contributed by atoms with van der Waals surface area (Å²) in [6.45, 7) is 5.47. The molecule has 1 aliphatic rings. The lowest BCUT2D eigenvalue weighted by Crippen LogP contribution is -2.56. The lowest BCUT2D eigenvalue weighted by Gasteiger charge is -2.39. The number of hydrogen-bond donors (Lipinski definition) is 0. The molecule has 52 heavy (non-hydrogen) atoms. The number of rotatable bonds is 11. The number of aromatic nitrogens is 1. The van der Waals surface area contributed by atoms with Crippen molar-refractivity contribution in [2.45, 2.75) is 38.7 Å². The van der Waals surface area contributed by atoms with Gasteiger partial charge in [0.1, 0.15) is 6.04 Å². The van der Waals surface area contributed by atoms with Gasteiger partial charge in [-0.05, 0) is 59.5 Å². The number of nitrogens with zero attached hydrogens (tertiary/aromatic N) is 4. The highest BCUT2D eigenvalue weighted by atomic mass is 19.4. The molecule has 5 aromatic rings. The summed E-state index contributed by atoms with van der Waals surface area (Å²) in [6, 6.07) is 35.4. The summed E-state index contributed by atoms with van der Waals surface area (Å²) in [7, 11) is 0. The Morgan fingerprint density at radius 3 is 2.06 bits per heavy atom. The second-order valence-corrected chi connectivity index (χ2v) is 13.1. The summed E-state index contributed by atoms with van der Waals surface area (Å²) in [5.74, 6) is -0.554. The molecule has 1 aliphatic heterocycles. The van der Waals surface area contributed by atoms with Crippen molar-refractivity contribution in [3.63, 3.8) is 0 Å². The Balaban J connectivity index is 1.27. The number of carbonyl (C=O) groups excluding carboxylic acids is 2. The molecule has 4 aromatic carbocycles. The minimum absolute atomic E-state index is 0.139. The molecule has 0 aliphatic carbocycles. The van der Waals surface area contributed by atoms with Crippen molar-refractivity contribution in [2.24, 2.45) is 0 Å². The Bertz CT molecular complexity index is 1940. The van der Waals surface area contributed by atoms with Crippen LogP contribution >= 0.6 is 0 Å². The fraction of sp³-hybridized carbons (Fsp3) is 0.233. The molecule has 1 unspecified atom stereocenters. The van der Waals surface area contributed by atoms with Gasteiger partial charge in [0.05, 0.1) is 11.3 Å². The van der Waals surface area contributed by atoms with Crippen molar-refractivity contribution in [3.05, 3.63) is 167 Å². The lowest BCUT2D eigenvalue weighted by atomic mass is 10.0. The van der Waals surface area contributed by atoms with Crippen molar-refractivity contribution in [3.8, 4) is 11.3 Å². The number of aryl methyl sites for hydroxylation is 1. The second-order valence-electron chi connectivity index (χ2n) is 13.1. The fourth-order valence-electron chi connectivity index (χ4n) is 6.36. The number of halogens is 3. The van der Waals surface area contributed by atoms with Gasteiger partial charge in [0, 0.05) is 63.5 Å². The van der Waals surface area contributed by atoms with Gasteiger partial charge >= 0.3 is 6.18 Å². The van der Waals surface area contributed by atoms with Crippen LogP contribution in [0.4, 0.5) is 13.2 Å². The van der Waals surface area contributed by atoms with Crippen LogP contribution in [0.3, 0.4) is 0 Å². The molecule has 0 radical (unpaired) electrons. The number of alkyl halides is 3. The van der Waals surface area contributed by atoms with Crippen LogP contribution < -0.4 is 0 Å². The van der Waals surface area contributed by atoms with E-state index >= 15 is 0 Å². The van der Waals surface area contributed by atoms with Crippen molar-refractivity contribution in [1.82, 2.24) is 19.7 Å². The van der Waals surface area contributed by atoms with Crippen LogP contribution in [-0.2, 0) is 35.3 Å². The summed E-state index contributed by atoms with van der Waals surface area (Å²) in [5.41, 5.74) is 5.58. The van der Waals surface area contributed by atoms with Crippen LogP contribution in [-0.4, -0.2) is 63.7 Å². The first-order valence-corrected chi connectivity index (χ1v) is 17.4. The van der Waals surface area contributed by atoms with E-state index in [1.807, 2.05) is 77.7 Å². The van der Waals surface area contributed by atoms with Crippen LogP contribution in [0.1, 0.15) is 33.4 Å². The minimum Gasteiger partial charge on any atom is -0.338 e. The molecule has 1 fully saturated rings. The SMILES string of the molecule is Cc1ccc(CN2CCN(C(=O)C(Cc3ccccc3)N(Cc3ccc(-c4ccccn4)cc3)C(=O)C=Cc3ccc(C(F)(F)F)cc3)CC2)cc1. The number of piperazine rings is 1. The molecule has 1 aromatic heterocycles. The van der Waals surface area contributed by atoms with E-state index in [0.717, 1.165) is 41.1 Å². The average Bonchev–Trinajstić information content (AvgIpc) is 3.17. The molecule has 266 valence electrons. The van der Waals surface area contributed by atoms with Gasteiger partial charge in [0.2, 0.25) is 11.8 Å². The Labute approximate surface area is 302 Å². The third kappa shape index (κ3) is 9.61. The average molecular weight is 703 g/mol. The number of benzene rings is 4. The van der Waals surface area contributed by atoms with Gasteiger partial charge in [-0.1, -0.05) is 103 Å². The zero-order valence-electron chi connectivity index (χ0n) is 29.0. The molecule has 6 nitrogen and oxygen atoms in total. The standard InChI is InChI=1S/C43H41F3N4O2/c1-32-10-12-35(13-11-32)30-48-25-27-49(28-26-48)42(52)40(29-34-7-3-2-4-8-34)50(31-36-14-19-37(20-15-36)39-9-5-6-24-47-39)41(51)23-18-33-16-21-38(22-17-33)43(44,45)46/h2-24,40H,25-31H2,1H3. The van der Waals surface area contributed by atoms with E-state index in [1.165, 1.54) is 35.4 Å². The highest BCUT2D eigenvalue weighted by molar-refractivity contribution is 5.95. The van der Waals surface area contributed by atoms with Gasteiger partial charge in [0.25, 0.3) is 0 Å². The number of hydrogen-bond acceptors (Lipinski definition) is 4. The van der Waals surface area contributed by atoms with Crippen LogP contribution in [0.25, 0.3) is 17.3 Å². The predicted molar refractivity (Wildman–Crippen MR) is 198 cm³/mol. The van der Waals surface area contributed by atoms with E-state index in [2.05, 4.69) is 41.1 Å². The maximum absolute atomic E-state index is 14.6. The van der Waals surface area contributed by atoms with E-state index < -0.39 is 23.7 Å². The van der Waals surface area contributed by atoms with Gasteiger partial charge in [-0.2, -0.15) is 13.2 Å². The summed E-state index contributed by atoms with van der Waals surface area (Å²) in [6.07, 6.45) is 0.408. The highest BCUT2D eigenvalue weighted by Gasteiger charge is 2.34. The first-order valence-electron chi connectivity index (χ1n) is 17.4. The molecule has 2 amide bonds. The summed E-state index contributed by atoms with van der Waals surface area (Å²) < 4.78 is 39.5. The maximum atomic E-state index is 14.6. The summed E-state index contributed by atoms with van der Waals surface area (Å²) >= 11 is 0. The van der Waals surface area contributed by atoms with E-state index in [0.29, 0.717) is 38.2 Å². The van der Waals surface area contributed by atoms with E-state index in [1.54, 1.807) is 11.1 Å². The third-order valence-corrected chi connectivity index (χ3v) is 9.35. The molecule has 2 heterocycles. The topological polar surface area (TPSA) is 56.8 Å². The van der Waals surface area contributed by atoms with Crippen LogP contribution in [0.15, 0.2) is 134 Å². The molecule has 0 saturated carbocycles. The Hall–Kier alpha value is -5.54. The Morgan fingerprint density at radius 2 is 1.42 bits per heavy atom. The van der Waals surface area contributed by atoms with Gasteiger partial charge < -0.3 is 9.80 Å². The van der Waals surface area contributed by atoms with E-state index in [9.17, 15) is 22.8 Å². The largest absolute Gasteiger partial charge is 0.416 e. The molecule has 9 heteroatoms. The van der Waals surface area contributed by atoms with Crippen molar-refractivity contribution >= 4 is 17.9 Å². The zero-order chi connectivity index (χ0) is 36.5. The van der Waals surface area contributed by atoms with E-state index in [4.69, 9.17) is 0 Å². The molecular formula is C43H41F3N4O2. The molecule has 1 saturated heterocycles. The first-order chi connectivity index (χ1) is 25.1. The Kier molecular flexibility index (Phi) is 11.6. The maximum Gasteiger partial charge on any atom is 0.416 e. The smallest absolute Gasteiger partial charge is 0.338 e. The van der Waals surface area contributed by atoms with Crippen LogP contribution in [0.5, 0.6) is 0 Å². The summed E-state index contributed by atoms with van der Waals surface area (Å²) in [4.78, 5) is 39.0. The van der Waals surface area contributed by atoms with Crippen LogP contribution in [0, 0.1) is 6.92 Å². The number of amides is 2. The number of pyridine rings is 1. The van der Waals surface area contributed by atoms with Crippen molar-refractivity contribution in [2.75, 3.05) is 26.2 Å². The van der Waals surface area contributed by atoms with Crippen LogP contribution in [0.2, 0.25) is 0 Å². The Morgan fingerprint density at radius 1 is 0.769 bits per heavy atom. The van der Waals surface area contributed by atoms with Gasteiger partial charge in [-0.25, -0.2) is 0 Å². The number of carbonyl (C=O) groups is 2. The minimum atomic E-state index is -4.46. The monoisotopic (exact) mass is 702 g/mol. The highest BCUT2D eigenvalue weighted by Crippen LogP contribution is 2.29. The zero-order valence-corrected chi connectivity index (χ0v) is 29.0. The molecule has 0 spiro atoms. The van der Waals surface area contributed by atoms with E-state index in [-0.39, 0.29) is 12.5 Å². The lowest BCUT2D eigenvalue weighted by molar-refractivity contribution is -0.145. The quantitative estimate of drug-likeness (QED) is 0.131. The molecular weight excluding hydrogens is 661 g/mol. The van der Waals surface area contributed by atoms with Gasteiger partial charge in [-0.3, -0.25) is 19.5 Å². The summed E-state index contributed by atoms with van der Waals surface area (Å²) in [5, 5.41) is 0. The van der Waals surface area contributed by atoms with Gasteiger partial charge in [-0.15, -0.1) is 0 Å². The first kappa shape index (κ1) is 36.3. The molecule has 1 atom stereocenters.